The highest BCUT2D eigenvalue weighted by Gasteiger charge is 2.27. The van der Waals surface area contributed by atoms with Gasteiger partial charge in [-0.1, -0.05) is 0 Å². The fraction of sp³-hybridized carbons (Fsp3) is 0.611. The standard InChI is InChI=1S/C18H28N4O3.HI/c1-3-20-18(21-10-13-25-16-6-5-9-19-14-16)22-11-7-15(8-12-22)17(23)24-4-2;/h5-6,9,14-15H,3-4,7-8,10-13H2,1-2H3,(H,20,21);1H. The summed E-state index contributed by atoms with van der Waals surface area (Å²) in [6.45, 7) is 7.82. The Morgan fingerprint density at radius 2 is 2.15 bits per heavy atom. The molecular weight excluding hydrogens is 447 g/mol. The number of guanidine groups is 1. The van der Waals surface area contributed by atoms with E-state index in [1.807, 2.05) is 26.0 Å². The molecule has 7 nitrogen and oxygen atoms in total. The third-order valence-corrected chi connectivity index (χ3v) is 4.01. The topological polar surface area (TPSA) is 76.1 Å². The van der Waals surface area contributed by atoms with E-state index in [0.29, 0.717) is 19.8 Å². The highest BCUT2D eigenvalue weighted by molar-refractivity contribution is 14.0. The van der Waals surface area contributed by atoms with Gasteiger partial charge in [-0.05, 0) is 38.8 Å². The summed E-state index contributed by atoms with van der Waals surface area (Å²) < 4.78 is 10.7. The quantitative estimate of drug-likeness (QED) is 0.214. The number of nitrogens with one attached hydrogen (secondary N) is 1. The molecule has 1 N–H and O–H groups in total. The van der Waals surface area contributed by atoms with Crippen molar-refractivity contribution in [3.8, 4) is 5.75 Å². The molecule has 0 radical (unpaired) electrons. The van der Waals surface area contributed by atoms with Crippen LogP contribution in [-0.2, 0) is 9.53 Å². The van der Waals surface area contributed by atoms with E-state index >= 15 is 0 Å². The molecule has 2 heterocycles. The van der Waals surface area contributed by atoms with Gasteiger partial charge in [0.25, 0.3) is 0 Å². The van der Waals surface area contributed by atoms with Gasteiger partial charge in [0, 0.05) is 25.8 Å². The monoisotopic (exact) mass is 476 g/mol. The maximum absolute atomic E-state index is 11.8. The first kappa shape index (κ1) is 22.5. The molecule has 0 aromatic carbocycles. The third kappa shape index (κ3) is 7.35. The first-order valence-electron chi connectivity index (χ1n) is 8.97. The van der Waals surface area contributed by atoms with Gasteiger partial charge in [-0.15, -0.1) is 24.0 Å². The van der Waals surface area contributed by atoms with Crippen molar-refractivity contribution in [1.29, 1.82) is 0 Å². The van der Waals surface area contributed by atoms with Crippen LogP contribution in [0.1, 0.15) is 26.7 Å². The molecule has 1 aliphatic rings. The highest BCUT2D eigenvalue weighted by Crippen LogP contribution is 2.18. The molecule has 0 aliphatic carbocycles. The minimum atomic E-state index is -0.0750. The van der Waals surface area contributed by atoms with Crippen LogP contribution in [0.25, 0.3) is 0 Å². The van der Waals surface area contributed by atoms with Gasteiger partial charge >= 0.3 is 5.97 Å². The molecule has 1 fully saturated rings. The Balaban J connectivity index is 0.00000338. The van der Waals surface area contributed by atoms with Crippen LogP contribution in [0.5, 0.6) is 5.75 Å². The number of aliphatic imine (C=N–C) groups is 1. The third-order valence-electron chi connectivity index (χ3n) is 4.01. The van der Waals surface area contributed by atoms with Crippen molar-refractivity contribution in [1.82, 2.24) is 15.2 Å². The van der Waals surface area contributed by atoms with Crippen molar-refractivity contribution in [2.45, 2.75) is 26.7 Å². The molecule has 0 atom stereocenters. The number of carbonyl (C=O) groups is 1. The second-order valence-corrected chi connectivity index (χ2v) is 5.79. The molecule has 0 unspecified atom stereocenters. The SMILES string of the molecule is CCNC(=NCCOc1cccnc1)N1CCC(C(=O)OCC)CC1.I. The van der Waals surface area contributed by atoms with Crippen molar-refractivity contribution in [3.63, 3.8) is 0 Å². The Kier molecular flexibility index (Phi) is 11.0. The Labute approximate surface area is 172 Å². The molecule has 0 bridgehead atoms. The van der Waals surface area contributed by atoms with Gasteiger partial charge < -0.3 is 19.7 Å². The molecule has 1 aromatic heterocycles. The number of rotatable bonds is 7. The minimum Gasteiger partial charge on any atom is -0.490 e. The number of hydrogen-bond donors (Lipinski definition) is 1. The molecule has 26 heavy (non-hydrogen) atoms. The lowest BCUT2D eigenvalue weighted by atomic mass is 9.97. The van der Waals surface area contributed by atoms with Crippen molar-refractivity contribution >= 4 is 35.9 Å². The summed E-state index contributed by atoms with van der Waals surface area (Å²) in [5, 5.41) is 3.31. The smallest absolute Gasteiger partial charge is 0.309 e. The average Bonchev–Trinajstić information content (AvgIpc) is 2.65. The fourth-order valence-electron chi connectivity index (χ4n) is 2.76. The predicted octanol–water partition coefficient (Wildman–Crippen LogP) is 2.32. The maximum Gasteiger partial charge on any atom is 0.309 e. The van der Waals surface area contributed by atoms with Gasteiger partial charge in [-0.3, -0.25) is 9.78 Å². The number of aromatic nitrogens is 1. The zero-order valence-corrected chi connectivity index (χ0v) is 17.8. The Bertz CT molecular complexity index is 549. The summed E-state index contributed by atoms with van der Waals surface area (Å²) in [4.78, 5) is 22.7. The summed E-state index contributed by atoms with van der Waals surface area (Å²) >= 11 is 0. The largest absolute Gasteiger partial charge is 0.490 e. The molecule has 0 saturated carbocycles. The number of likely N-dealkylation sites (tertiary alicyclic amines) is 1. The van der Waals surface area contributed by atoms with Crippen LogP contribution in [0.2, 0.25) is 0 Å². The molecular formula is C18H29IN4O3. The van der Waals surface area contributed by atoms with E-state index in [0.717, 1.165) is 44.2 Å². The number of ether oxygens (including phenoxy) is 2. The fourth-order valence-corrected chi connectivity index (χ4v) is 2.76. The van der Waals surface area contributed by atoms with Crippen LogP contribution in [-0.4, -0.2) is 61.2 Å². The van der Waals surface area contributed by atoms with E-state index in [-0.39, 0.29) is 35.9 Å². The van der Waals surface area contributed by atoms with Crippen molar-refractivity contribution < 1.29 is 14.3 Å². The molecule has 0 spiro atoms. The van der Waals surface area contributed by atoms with E-state index in [1.54, 1.807) is 12.4 Å². The van der Waals surface area contributed by atoms with Crippen LogP contribution in [0.4, 0.5) is 0 Å². The van der Waals surface area contributed by atoms with Crippen LogP contribution >= 0.6 is 24.0 Å². The lowest BCUT2D eigenvalue weighted by molar-refractivity contribution is -0.149. The van der Waals surface area contributed by atoms with Gasteiger partial charge in [-0.25, -0.2) is 4.99 Å². The average molecular weight is 476 g/mol. The molecule has 2 rings (SSSR count). The molecule has 1 saturated heterocycles. The molecule has 0 amide bonds. The Morgan fingerprint density at radius 1 is 1.38 bits per heavy atom. The summed E-state index contributed by atoms with van der Waals surface area (Å²) in [5.74, 6) is 1.56. The van der Waals surface area contributed by atoms with Crippen molar-refractivity contribution in [2.24, 2.45) is 10.9 Å². The zero-order chi connectivity index (χ0) is 17.9. The predicted molar refractivity (Wildman–Crippen MR) is 112 cm³/mol. The number of hydrogen-bond acceptors (Lipinski definition) is 5. The van der Waals surface area contributed by atoms with E-state index < -0.39 is 0 Å². The van der Waals surface area contributed by atoms with E-state index in [1.165, 1.54) is 0 Å². The lowest BCUT2D eigenvalue weighted by Crippen LogP contribution is -2.46. The van der Waals surface area contributed by atoms with E-state index in [9.17, 15) is 4.79 Å². The summed E-state index contributed by atoms with van der Waals surface area (Å²) in [6, 6.07) is 3.72. The first-order chi connectivity index (χ1) is 12.2. The number of halogens is 1. The highest BCUT2D eigenvalue weighted by atomic mass is 127. The molecule has 1 aromatic rings. The number of piperidine rings is 1. The molecule has 8 heteroatoms. The Hall–Kier alpha value is -1.58. The van der Waals surface area contributed by atoms with Gasteiger partial charge in [0.05, 0.1) is 25.3 Å². The summed E-state index contributed by atoms with van der Waals surface area (Å²) in [6.07, 6.45) is 5.01. The summed E-state index contributed by atoms with van der Waals surface area (Å²) in [5.41, 5.74) is 0. The van der Waals surface area contributed by atoms with E-state index in [2.05, 4.69) is 20.2 Å². The van der Waals surface area contributed by atoms with Gasteiger partial charge in [0.2, 0.25) is 0 Å². The zero-order valence-electron chi connectivity index (χ0n) is 15.5. The van der Waals surface area contributed by atoms with Gasteiger partial charge in [-0.2, -0.15) is 0 Å². The lowest BCUT2D eigenvalue weighted by Gasteiger charge is -2.33. The number of nitrogens with zero attached hydrogens (tertiary/aromatic N) is 3. The molecule has 146 valence electrons. The summed E-state index contributed by atoms with van der Waals surface area (Å²) in [7, 11) is 0. The van der Waals surface area contributed by atoms with Crippen LogP contribution in [0.15, 0.2) is 29.5 Å². The van der Waals surface area contributed by atoms with E-state index in [4.69, 9.17) is 9.47 Å². The normalized spacial score (nSPS) is 15.2. The molecule has 1 aliphatic heterocycles. The second kappa shape index (κ2) is 12.7. The van der Waals surface area contributed by atoms with Gasteiger partial charge in [0.1, 0.15) is 12.4 Å². The van der Waals surface area contributed by atoms with Crippen LogP contribution < -0.4 is 10.1 Å². The maximum atomic E-state index is 11.8. The first-order valence-corrected chi connectivity index (χ1v) is 8.97. The Morgan fingerprint density at radius 3 is 2.77 bits per heavy atom. The number of pyridine rings is 1. The number of esters is 1. The van der Waals surface area contributed by atoms with Gasteiger partial charge in [0.15, 0.2) is 5.96 Å². The van der Waals surface area contributed by atoms with Crippen LogP contribution in [0, 0.1) is 5.92 Å². The van der Waals surface area contributed by atoms with Crippen molar-refractivity contribution in [3.05, 3.63) is 24.5 Å². The second-order valence-electron chi connectivity index (χ2n) is 5.79. The van der Waals surface area contributed by atoms with Crippen molar-refractivity contribution in [2.75, 3.05) is 39.4 Å². The minimum absolute atomic E-state index is 0. The number of carbonyl (C=O) groups excluding carboxylic acids is 1. The van der Waals surface area contributed by atoms with Crippen LogP contribution in [0.3, 0.4) is 0 Å².